The summed E-state index contributed by atoms with van der Waals surface area (Å²) in [6, 6.07) is 8.58. The number of nitrogen functional groups attached to an aromatic ring is 1. The lowest BCUT2D eigenvalue weighted by Gasteiger charge is -2.38. The number of fused-ring (bicyclic) bond motifs is 2. The van der Waals surface area contributed by atoms with Crippen LogP contribution in [0, 0.1) is 10.1 Å². The van der Waals surface area contributed by atoms with Crippen LogP contribution < -0.4 is 10.6 Å². The van der Waals surface area contributed by atoms with Gasteiger partial charge in [0.2, 0.25) is 5.91 Å². The van der Waals surface area contributed by atoms with Crippen LogP contribution in [-0.4, -0.2) is 56.2 Å². The van der Waals surface area contributed by atoms with E-state index >= 15 is 0 Å². The molecule has 154 valence electrons. The van der Waals surface area contributed by atoms with Crippen LogP contribution in [0.3, 0.4) is 0 Å². The summed E-state index contributed by atoms with van der Waals surface area (Å²) in [6.07, 6.45) is 1.47. The van der Waals surface area contributed by atoms with Crippen molar-refractivity contribution in [3.63, 3.8) is 0 Å². The lowest BCUT2D eigenvalue weighted by molar-refractivity contribution is -0.384. The normalized spacial score (nSPS) is 18.8. The molecule has 10 heteroatoms. The van der Waals surface area contributed by atoms with Gasteiger partial charge in [0.1, 0.15) is 5.82 Å². The molecule has 2 aromatic heterocycles. The second-order valence-corrected chi connectivity index (χ2v) is 7.77. The molecule has 0 radical (unpaired) electrons. The fraction of sp³-hybridized carbons (Fsp3) is 0.350. The number of pyridine rings is 1. The minimum absolute atomic E-state index is 0.0328. The number of aromatic nitrogens is 3. The highest BCUT2D eigenvalue weighted by molar-refractivity contribution is 6.01. The van der Waals surface area contributed by atoms with Crippen LogP contribution in [0.5, 0.6) is 0 Å². The number of aryl methyl sites for hydroxylation is 1. The summed E-state index contributed by atoms with van der Waals surface area (Å²) in [4.78, 5) is 31.6. The molecule has 0 saturated carbocycles. The topological polar surface area (TPSA) is 123 Å². The molecule has 2 aliphatic heterocycles. The van der Waals surface area contributed by atoms with E-state index in [9.17, 15) is 14.9 Å². The van der Waals surface area contributed by atoms with Gasteiger partial charge in [-0.05, 0) is 30.2 Å². The van der Waals surface area contributed by atoms with Crippen LogP contribution in [-0.2, 0) is 11.8 Å². The van der Waals surface area contributed by atoms with Crippen LogP contribution in [0.25, 0.3) is 22.2 Å². The van der Waals surface area contributed by atoms with Gasteiger partial charge in [-0.25, -0.2) is 9.67 Å². The Balaban J connectivity index is 1.60. The Morgan fingerprint density at radius 3 is 2.73 bits per heavy atom. The number of hydrogen-bond acceptors (Lipinski definition) is 7. The molecule has 4 heterocycles. The van der Waals surface area contributed by atoms with Gasteiger partial charge in [0, 0.05) is 56.8 Å². The van der Waals surface area contributed by atoms with Gasteiger partial charge in [-0.1, -0.05) is 0 Å². The van der Waals surface area contributed by atoms with E-state index in [1.165, 1.54) is 12.1 Å². The van der Waals surface area contributed by atoms with Gasteiger partial charge in [0.15, 0.2) is 11.5 Å². The largest absolute Gasteiger partial charge is 0.382 e. The Labute approximate surface area is 172 Å². The number of nitrogens with two attached hydrogens (primary N) is 1. The van der Waals surface area contributed by atoms with Crippen molar-refractivity contribution in [1.82, 2.24) is 19.7 Å². The molecule has 5 rings (SSSR count). The van der Waals surface area contributed by atoms with Crippen LogP contribution in [0.4, 0.5) is 17.3 Å². The van der Waals surface area contributed by atoms with E-state index in [1.807, 2.05) is 11.0 Å². The van der Waals surface area contributed by atoms with Crippen molar-refractivity contribution < 1.29 is 9.72 Å². The van der Waals surface area contributed by atoms with Gasteiger partial charge in [0.05, 0.1) is 10.3 Å². The molecule has 3 aromatic rings. The Morgan fingerprint density at radius 2 is 2.00 bits per heavy atom. The summed E-state index contributed by atoms with van der Waals surface area (Å²) in [5.41, 5.74) is 8.50. The van der Waals surface area contributed by atoms with Gasteiger partial charge >= 0.3 is 0 Å². The maximum atomic E-state index is 12.0. The number of carbonyl (C=O) groups is 1. The molecule has 0 spiro atoms. The predicted molar refractivity (Wildman–Crippen MR) is 112 cm³/mol. The molecule has 1 unspecified atom stereocenters. The molecule has 1 aromatic carbocycles. The highest BCUT2D eigenvalue weighted by Gasteiger charge is 2.36. The van der Waals surface area contributed by atoms with Crippen molar-refractivity contribution in [3.05, 3.63) is 40.4 Å². The lowest BCUT2D eigenvalue weighted by atomic mass is 10.0. The number of nitro groups is 1. The standard InChI is InChI=1S/C20H21N7O3/c1-24-20-18(19(21)23-24)15(12-2-4-13(5-3-12)27(29)30)10-16(22-20)25-8-9-26-14(11-25)6-7-17(26)28/h2-5,10,14H,6-9,11H2,1H3,(H2,21,23). The molecule has 10 nitrogen and oxygen atoms in total. The average Bonchev–Trinajstić information content (AvgIpc) is 3.26. The minimum atomic E-state index is -0.418. The second-order valence-electron chi connectivity index (χ2n) is 7.77. The van der Waals surface area contributed by atoms with Crippen molar-refractivity contribution in [2.45, 2.75) is 18.9 Å². The van der Waals surface area contributed by atoms with Gasteiger partial charge in [-0.15, -0.1) is 0 Å². The van der Waals surface area contributed by atoms with Crippen molar-refractivity contribution in [2.75, 3.05) is 30.3 Å². The zero-order chi connectivity index (χ0) is 21.0. The maximum Gasteiger partial charge on any atom is 0.269 e. The molecule has 0 bridgehead atoms. The van der Waals surface area contributed by atoms with Gasteiger partial charge in [0.25, 0.3) is 5.69 Å². The van der Waals surface area contributed by atoms with Crippen molar-refractivity contribution in [2.24, 2.45) is 7.05 Å². The van der Waals surface area contributed by atoms with E-state index in [0.29, 0.717) is 31.0 Å². The Hall–Kier alpha value is -3.69. The summed E-state index contributed by atoms with van der Waals surface area (Å²) in [5, 5.41) is 16.1. The lowest BCUT2D eigenvalue weighted by Crippen LogP contribution is -2.51. The van der Waals surface area contributed by atoms with Crippen molar-refractivity contribution in [1.29, 1.82) is 0 Å². The minimum Gasteiger partial charge on any atom is -0.382 e. The van der Waals surface area contributed by atoms with E-state index < -0.39 is 4.92 Å². The molecule has 2 N–H and O–H groups in total. The number of non-ortho nitro benzene ring substituents is 1. The van der Waals surface area contributed by atoms with Gasteiger partial charge in [-0.3, -0.25) is 14.9 Å². The quantitative estimate of drug-likeness (QED) is 0.520. The van der Waals surface area contributed by atoms with E-state index in [2.05, 4.69) is 10.00 Å². The highest BCUT2D eigenvalue weighted by Crippen LogP contribution is 2.36. The summed E-state index contributed by atoms with van der Waals surface area (Å²) < 4.78 is 1.65. The summed E-state index contributed by atoms with van der Waals surface area (Å²) in [5.74, 6) is 1.39. The van der Waals surface area contributed by atoms with Crippen LogP contribution in [0.15, 0.2) is 30.3 Å². The second kappa shape index (κ2) is 6.68. The first-order valence-electron chi connectivity index (χ1n) is 9.85. The third kappa shape index (κ3) is 2.83. The SMILES string of the molecule is Cn1nc(N)c2c(-c3ccc([N+](=O)[O-])cc3)cc(N3CCN4C(=O)CCC4C3)nc21. The van der Waals surface area contributed by atoms with E-state index in [-0.39, 0.29) is 17.6 Å². The summed E-state index contributed by atoms with van der Waals surface area (Å²) in [6.45, 7) is 2.12. The van der Waals surface area contributed by atoms with Crippen molar-refractivity contribution >= 4 is 34.3 Å². The summed E-state index contributed by atoms with van der Waals surface area (Å²) in [7, 11) is 1.79. The number of benzene rings is 1. The van der Waals surface area contributed by atoms with Gasteiger partial charge in [-0.2, -0.15) is 5.10 Å². The smallest absolute Gasteiger partial charge is 0.269 e. The van der Waals surface area contributed by atoms with E-state index in [0.717, 1.165) is 35.3 Å². The third-order valence-electron chi connectivity index (χ3n) is 6.01. The first kappa shape index (κ1) is 18.3. The maximum absolute atomic E-state index is 12.0. The molecule has 2 saturated heterocycles. The number of piperazine rings is 1. The highest BCUT2D eigenvalue weighted by atomic mass is 16.6. The number of nitro benzene ring substituents is 1. The number of hydrogen-bond donors (Lipinski definition) is 1. The van der Waals surface area contributed by atoms with Crippen LogP contribution in [0.2, 0.25) is 0 Å². The zero-order valence-electron chi connectivity index (χ0n) is 16.5. The van der Waals surface area contributed by atoms with Crippen LogP contribution in [0.1, 0.15) is 12.8 Å². The number of amides is 1. The number of carbonyl (C=O) groups excluding carboxylic acids is 1. The average molecular weight is 407 g/mol. The molecular formula is C20H21N7O3. The number of rotatable bonds is 3. The Kier molecular flexibility index (Phi) is 4.09. The first-order valence-corrected chi connectivity index (χ1v) is 9.85. The third-order valence-corrected chi connectivity index (χ3v) is 6.01. The summed E-state index contributed by atoms with van der Waals surface area (Å²) >= 11 is 0. The zero-order valence-corrected chi connectivity index (χ0v) is 16.5. The molecule has 1 atom stereocenters. The fourth-order valence-electron chi connectivity index (χ4n) is 4.49. The van der Waals surface area contributed by atoms with Crippen LogP contribution >= 0.6 is 0 Å². The molecule has 1 amide bonds. The van der Waals surface area contributed by atoms with Crippen molar-refractivity contribution in [3.8, 4) is 11.1 Å². The molecule has 2 aliphatic rings. The fourth-order valence-corrected chi connectivity index (χ4v) is 4.49. The molecule has 30 heavy (non-hydrogen) atoms. The first-order chi connectivity index (χ1) is 14.4. The number of anilines is 2. The Morgan fingerprint density at radius 1 is 1.23 bits per heavy atom. The molecule has 2 fully saturated rings. The Bertz CT molecular complexity index is 1170. The molecule has 0 aliphatic carbocycles. The van der Waals surface area contributed by atoms with E-state index in [1.54, 1.807) is 23.9 Å². The number of nitrogens with zero attached hydrogens (tertiary/aromatic N) is 6. The molecular weight excluding hydrogens is 386 g/mol. The monoisotopic (exact) mass is 407 g/mol. The van der Waals surface area contributed by atoms with E-state index in [4.69, 9.17) is 10.7 Å². The predicted octanol–water partition coefficient (Wildman–Crippen LogP) is 1.94. The van der Waals surface area contributed by atoms with Gasteiger partial charge < -0.3 is 15.5 Å².